The number of hydrogen-bond acceptors (Lipinski definition) is 4. The zero-order chi connectivity index (χ0) is 19.3. The maximum atomic E-state index is 12.5. The molecule has 0 atom stereocenters. The second kappa shape index (κ2) is 8.30. The van der Waals surface area contributed by atoms with Crippen molar-refractivity contribution in [2.45, 2.75) is 6.36 Å². The van der Waals surface area contributed by atoms with Gasteiger partial charge in [0.2, 0.25) is 5.91 Å². The topological polar surface area (TPSA) is 44.8 Å². The Morgan fingerprint density at radius 2 is 1.59 bits per heavy atom. The highest BCUT2D eigenvalue weighted by atomic mass is 19.4. The summed E-state index contributed by atoms with van der Waals surface area (Å²) in [4.78, 5) is 16.5. The highest BCUT2D eigenvalue weighted by Crippen LogP contribution is 2.29. The van der Waals surface area contributed by atoms with Crippen LogP contribution in [0, 0.1) is 0 Å². The number of anilines is 2. The molecule has 1 aliphatic rings. The normalized spacial score (nSPS) is 15.4. The minimum atomic E-state index is -4.81. The van der Waals surface area contributed by atoms with E-state index in [0.717, 1.165) is 18.8 Å². The maximum Gasteiger partial charge on any atom is 0.573 e. The Balaban J connectivity index is 1.52. The van der Waals surface area contributed by atoms with Gasteiger partial charge in [0, 0.05) is 31.9 Å². The van der Waals surface area contributed by atoms with E-state index >= 15 is 0 Å². The Hall–Kier alpha value is -2.74. The number of halogens is 3. The summed E-state index contributed by atoms with van der Waals surface area (Å²) in [6.07, 6.45) is -4.81. The van der Waals surface area contributed by atoms with Crippen molar-refractivity contribution in [1.82, 2.24) is 4.90 Å². The quantitative estimate of drug-likeness (QED) is 0.866. The van der Waals surface area contributed by atoms with Gasteiger partial charge in [-0.3, -0.25) is 9.69 Å². The molecule has 0 spiro atoms. The third-order valence-corrected chi connectivity index (χ3v) is 4.25. The van der Waals surface area contributed by atoms with E-state index < -0.39 is 12.1 Å². The number of amides is 1. The molecule has 5 nitrogen and oxygen atoms in total. The van der Waals surface area contributed by atoms with Crippen molar-refractivity contribution in [3.63, 3.8) is 0 Å². The summed E-state index contributed by atoms with van der Waals surface area (Å²) < 4.78 is 41.3. The van der Waals surface area contributed by atoms with Crippen molar-refractivity contribution >= 4 is 17.3 Å². The Morgan fingerprint density at radius 3 is 2.26 bits per heavy atom. The minimum Gasteiger partial charge on any atom is -0.404 e. The minimum absolute atomic E-state index is 0.00254. The van der Waals surface area contributed by atoms with E-state index in [9.17, 15) is 18.0 Å². The van der Waals surface area contributed by atoms with E-state index in [-0.39, 0.29) is 18.1 Å². The molecule has 2 aromatic carbocycles. The zero-order valence-corrected chi connectivity index (χ0v) is 14.6. The number of piperazine rings is 1. The smallest absolute Gasteiger partial charge is 0.404 e. The summed E-state index contributed by atoms with van der Waals surface area (Å²) in [6.45, 7) is 3.07. The number of carbonyl (C=O) groups excluding carboxylic acids is 1. The van der Waals surface area contributed by atoms with Crippen LogP contribution < -0.4 is 15.0 Å². The Labute approximate surface area is 155 Å². The van der Waals surface area contributed by atoms with Gasteiger partial charge < -0.3 is 15.0 Å². The fraction of sp³-hybridized carbons (Fsp3) is 0.316. The molecule has 0 aliphatic carbocycles. The van der Waals surface area contributed by atoms with E-state index in [1.807, 2.05) is 35.2 Å². The van der Waals surface area contributed by atoms with E-state index in [1.165, 1.54) is 24.3 Å². The lowest BCUT2D eigenvalue weighted by atomic mass is 10.2. The van der Waals surface area contributed by atoms with Crippen molar-refractivity contribution in [1.29, 1.82) is 0 Å². The van der Waals surface area contributed by atoms with Gasteiger partial charge >= 0.3 is 6.36 Å². The van der Waals surface area contributed by atoms with Gasteiger partial charge in [-0.05, 0) is 24.3 Å². The summed E-state index contributed by atoms with van der Waals surface area (Å²) in [5.74, 6) is -0.798. The molecule has 1 heterocycles. The Morgan fingerprint density at radius 1 is 0.963 bits per heavy atom. The molecule has 144 valence electrons. The van der Waals surface area contributed by atoms with Gasteiger partial charge in [0.1, 0.15) is 0 Å². The fourth-order valence-corrected chi connectivity index (χ4v) is 2.98. The maximum absolute atomic E-state index is 12.5. The van der Waals surface area contributed by atoms with E-state index in [0.29, 0.717) is 13.1 Å². The molecule has 8 heteroatoms. The fourth-order valence-electron chi connectivity index (χ4n) is 2.98. The average Bonchev–Trinajstić information content (AvgIpc) is 2.63. The molecular formula is C19H20F3N3O2. The number of benzene rings is 2. The van der Waals surface area contributed by atoms with Crippen LogP contribution in [0.2, 0.25) is 0 Å². The van der Waals surface area contributed by atoms with E-state index in [1.54, 1.807) is 0 Å². The van der Waals surface area contributed by atoms with Gasteiger partial charge in [0.05, 0.1) is 12.2 Å². The average molecular weight is 379 g/mol. The molecule has 0 aromatic heterocycles. The summed E-state index contributed by atoms with van der Waals surface area (Å²) >= 11 is 0. The van der Waals surface area contributed by atoms with Gasteiger partial charge in [-0.25, -0.2) is 0 Å². The second-order valence-corrected chi connectivity index (χ2v) is 6.19. The Kier molecular flexibility index (Phi) is 5.85. The second-order valence-electron chi connectivity index (χ2n) is 6.19. The summed E-state index contributed by atoms with van der Waals surface area (Å²) in [6, 6.07) is 15.5. The molecule has 0 bridgehead atoms. The first-order chi connectivity index (χ1) is 12.9. The number of para-hydroxylation sites is 3. The number of nitrogens with zero attached hydrogens (tertiary/aromatic N) is 2. The molecule has 1 N–H and O–H groups in total. The molecule has 2 aromatic rings. The highest BCUT2D eigenvalue weighted by Gasteiger charge is 2.32. The summed E-state index contributed by atoms with van der Waals surface area (Å²) in [5.41, 5.74) is 1.14. The predicted molar refractivity (Wildman–Crippen MR) is 96.8 cm³/mol. The lowest BCUT2D eigenvalue weighted by molar-refractivity contribution is -0.274. The Bertz CT molecular complexity index is 760. The standard InChI is InChI=1S/C19H20F3N3O2/c20-19(21,22)27-17-9-5-4-8-16(17)23-18(26)14-24-10-12-25(13-11-24)15-6-2-1-3-7-15/h1-9H,10-14H2,(H,23,26). The van der Waals surface area contributed by atoms with Crippen molar-refractivity contribution in [2.75, 3.05) is 42.9 Å². The number of nitrogens with one attached hydrogen (secondary N) is 1. The van der Waals surface area contributed by atoms with Gasteiger partial charge in [-0.2, -0.15) is 0 Å². The van der Waals surface area contributed by atoms with Crippen molar-refractivity contribution in [3.05, 3.63) is 54.6 Å². The van der Waals surface area contributed by atoms with Crippen LogP contribution in [-0.4, -0.2) is 49.9 Å². The van der Waals surface area contributed by atoms with Crippen molar-refractivity contribution in [3.8, 4) is 5.75 Å². The molecule has 27 heavy (non-hydrogen) atoms. The number of hydrogen-bond donors (Lipinski definition) is 1. The SMILES string of the molecule is O=C(CN1CCN(c2ccccc2)CC1)Nc1ccccc1OC(F)(F)F. The molecule has 1 saturated heterocycles. The first-order valence-electron chi connectivity index (χ1n) is 8.58. The van der Waals surface area contributed by atoms with E-state index in [2.05, 4.69) is 15.0 Å². The van der Waals surface area contributed by atoms with Crippen LogP contribution in [0.1, 0.15) is 0 Å². The summed E-state index contributed by atoms with van der Waals surface area (Å²) in [5, 5.41) is 2.50. The van der Waals surface area contributed by atoms with Gasteiger partial charge in [-0.15, -0.1) is 13.2 Å². The van der Waals surface area contributed by atoms with Crippen LogP contribution in [-0.2, 0) is 4.79 Å². The third-order valence-electron chi connectivity index (χ3n) is 4.25. The lowest BCUT2D eigenvalue weighted by Gasteiger charge is -2.35. The molecule has 0 radical (unpaired) electrons. The van der Waals surface area contributed by atoms with Crippen molar-refractivity contribution < 1.29 is 22.7 Å². The van der Waals surface area contributed by atoms with Gasteiger partial charge in [-0.1, -0.05) is 30.3 Å². The molecule has 1 amide bonds. The largest absolute Gasteiger partial charge is 0.573 e. The number of carbonyl (C=O) groups is 1. The molecular weight excluding hydrogens is 359 g/mol. The van der Waals surface area contributed by atoms with E-state index in [4.69, 9.17) is 0 Å². The first kappa shape index (κ1) is 19.0. The zero-order valence-electron chi connectivity index (χ0n) is 14.6. The monoisotopic (exact) mass is 379 g/mol. The van der Waals surface area contributed by atoms with Crippen LogP contribution in [0.15, 0.2) is 54.6 Å². The molecule has 0 saturated carbocycles. The van der Waals surface area contributed by atoms with Crippen LogP contribution in [0.25, 0.3) is 0 Å². The number of rotatable bonds is 5. The van der Waals surface area contributed by atoms with Crippen LogP contribution >= 0.6 is 0 Å². The molecule has 3 rings (SSSR count). The number of ether oxygens (including phenoxy) is 1. The van der Waals surface area contributed by atoms with Gasteiger partial charge in [0.25, 0.3) is 0 Å². The van der Waals surface area contributed by atoms with Crippen molar-refractivity contribution in [2.24, 2.45) is 0 Å². The molecule has 1 fully saturated rings. The lowest BCUT2D eigenvalue weighted by Crippen LogP contribution is -2.48. The predicted octanol–water partition coefficient (Wildman–Crippen LogP) is 3.35. The molecule has 1 aliphatic heterocycles. The third kappa shape index (κ3) is 5.62. The van der Waals surface area contributed by atoms with Crippen LogP contribution in [0.5, 0.6) is 5.75 Å². The van der Waals surface area contributed by atoms with Crippen LogP contribution in [0.3, 0.4) is 0 Å². The van der Waals surface area contributed by atoms with Crippen LogP contribution in [0.4, 0.5) is 24.5 Å². The number of alkyl halides is 3. The van der Waals surface area contributed by atoms with Gasteiger partial charge in [0.15, 0.2) is 5.75 Å². The summed E-state index contributed by atoms with van der Waals surface area (Å²) in [7, 11) is 0. The molecule has 0 unspecified atom stereocenters. The first-order valence-corrected chi connectivity index (χ1v) is 8.58. The highest BCUT2D eigenvalue weighted by molar-refractivity contribution is 5.93.